The minimum Gasteiger partial charge on any atom is -0.373 e. The van der Waals surface area contributed by atoms with Gasteiger partial charge in [0, 0.05) is 89.3 Å². The molecule has 4 atom stereocenters. The Kier molecular flexibility index (Phi) is 14.1. The second kappa shape index (κ2) is 24.2. The molecule has 16 aromatic carbocycles. The van der Waals surface area contributed by atoms with E-state index in [1.165, 1.54) is 173 Å². The molecule has 0 aliphatic carbocycles. The van der Waals surface area contributed by atoms with Gasteiger partial charge in [-0.1, -0.05) is 243 Å². The summed E-state index contributed by atoms with van der Waals surface area (Å²) >= 11 is 0. The molecule has 8 nitrogen and oxygen atoms in total. The standard InChI is InChI=1S/C25H21NO.C24H19NO.C23H17NO.C22H15NO/c1-3-9-20-17(6-1)11-13-22-24(20)25-21-10-4-2-7-18(21)12-14-23(25)26(22)15-5-8-19-16-27-19;1-3-7-19-16(5-1)9-11-21-23(19)24-20-8-4-2-6-17(20)10-12-22(24)25(21)14-13-18-15-26-18;1-3-7-18-15(5-1)9-11-20-22(18)23-19-8-4-2-6-16(19)10-12-21(23)24(20)13-17-14-25-17;1-3-7-16-14(5-1)9-11-18-21(16)22-17-8-4-2-6-15(17)10-12-19(22)23(18)20-13-24-20/h1-4,6-7,9-14,19H,5,8,15-16H2;1-12,18H,13-15H2;1-12,17H,13-14H2;1-12,20H,13H2. The first-order valence-corrected chi connectivity index (χ1v) is 36.4. The van der Waals surface area contributed by atoms with E-state index in [0.29, 0.717) is 18.3 Å². The number of nitrogens with zero attached hydrogens (tertiary/aromatic N) is 4. The van der Waals surface area contributed by atoms with Crippen molar-refractivity contribution in [3.63, 3.8) is 0 Å². The van der Waals surface area contributed by atoms with Crippen LogP contribution in [-0.2, 0) is 38.6 Å². The van der Waals surface area contributed by atoms with E-state index in [0.717, 1.165) is 65.3 Å². The summed E-state index contributed by atoms with van der Waals surface area (Å²) in [5, 5.41) is 32.0. The highest BCUT2D eigenvalue weighted by Crippen LogP contribution is 2.46. The summed E-state index contributed by atoms with van der Waals surface area (Å²) in [6, 6.07) is 106. The Morgan fingerprint density at radius 3 is 0.735 bits per heavy atom. The van der Waals surface area contributed by atoms with Gasteiger partial charge < -0.3 is 37.2 Å². The highest BCUT2D eigenvalue weighted by Gasteiger charge is 2.31. The minimum atomic E-state index is 0.173. The third kappa shape index (κ3) is 10.1. The highest BCUT2D eigenvalue weighted by molar-refractivity contribution is 6.32. The lowest BCUT2D eigenvalue weighted by Crippen LogP contribution is -2.03. The zero-order valence-corrected chi connectivity index (χ0v) is 56.5. The Labute approximate surface area is 588 Å². The molecule has 0 amide bonds. The van der Waals surface area contributed by atoms with Crippen molar-refractivity contribution < 1.29 is 18.9 Å². The van der Waals surface area contributed by atoms with Gasteiger partial charge in [-0.3, -0.25) is 0 Å². The molecule has 0 spiro atoms. The number of aromatic nitrogens is 4. The number of fused-ring (bicyclic) bond motifs is 28. The molecule has 8 heteroatoms. The first kappa shape index (κ1) is 59.5. The van der Waals surface area contributed by atoms with E-state index >= 15 is 0 Å². The van der Waals surface area contributed by atoms with Crippen LogP contribution in [0.1, 0.15) is 25.5 Å². The van der Waals surface area contributed by atoms with Crippen molar-refractivity contribution in [2.75, 3.05) is 26.4 Å². The summed E-state index contributed by atoms with van der Waals surface area (Å²) in [6.45, 7) is 6.51. The highest BCUT2D eigenvalue weighted by atomic mass is 16.6. The van der Waals surface area contributed by atoms with Gasteiger partial charge in [0.15, 0.2) is 6.23 Å². The molecule has 0 bridgehead atoms. The molecule has 20 aromatic rings. The molecule has 0 radical (unpaired) electrons. The Morgan fingerprint density at radius 1 is 0.225 bits per heavy atom. The third-order valence-electron chi connectivity index (χ3n) is 22.3. The summed E-state index contributed by atoms with van der Waals surface area (Å²) in [5.74, 6) is 0. The Hall–Kier alpha value is -11.4. The van der Waals surface area contributed by atoms with Crippen molar-refractivity contribution >= 4 is 173 Å². The summed E-state index contributed by atoms with van der Waals surface area (Å²) in [6.07, 6.45) is 4.87. The van der Waals surface area contributed by atoms with Gasteiger partial charge in [0.25, 0.3) is 0 Å². The lowest BCUT2D eigenvalue weighted by atomic mass is 10.00. The van der Waals surface area contributed by atoms with Crippen molar-refractivity contribution in [3.8, 4) is 0 Å². The van der Waals surface area contributed by atoms with Crippen LogP contribution in [0.2, 0.25) is 0 Å². The molecule has 4 saturated heterocycles. The fraction of sp³-hybridized carbons (Fsp3) is 0.149. The van der Waals surface area contributed by atoms with Crippen LogP contribution in [0.15, 0.2) is 291 Å². The van der Waals surface area contributed by atoms with Crippen LogP contribution in [0.25, 0.3) is 173 Å². The van der Waals surface area contributed by atoms with Gasteiger partial charge in [-0.2, -0.15) is 0 Å². The van der Waals surface area contributed by atoms with Gasteiger partial charge in [-0.15, -0.1) is 0 Å². The molecule has 0 saturated carbocycles. The average molecular weight is 1320 g/mol. The van der Waals surface area contributed by atoms with Crippen molar-refractivity contribution in [3.05, 3.63) is 291 Å². The Morgan fingerprint density at radius 2 is 0.461 bits per heavy atom. The molecule has 4 unspecified atom stereocenters. The molecule has 102 heavy (non-hydrogen) atoms. The number of aryl methyl sites for hydroxylation is 2. The topological polar surface area (TPSA) is 69.8 Å². The minimum absolute atomic E-state index is 0.173. The molecule has 492 valence electrons. The molecule has 4 aromatic heterocycles. The van der Waals surface area contributed by atoms with E-state index in [1.54, 1.807) is 0 Å². The first-order chi connectivity index (χ1) is 50.6. The Balaban J connectivity index is 0.0000000885. The van der Waals surface area contributed by atoms with Gasteiger partial charge >= 0.3 is 0 Å². The van der Waals surface area contributed by atoms with Gasteiger partial charge in [0.05, 0.1) is 62.3 Å². The average Bonchev–Trinajstić information content (AvgIpc) is 1.57. The molecular weight excluding hydrogens is 1250 g/mol. The number of hydrogen-bond donors (Lipinski definition) is 0. The predicted octanol–water partition coefficient (Wildman–Crippen LogP) is 23.3. The quantitative estimate of drug-likeness (QED) is 0.128. The maximum Gasteiger partial charge on any atom is 0.158 e. The second-order valence-corrected chi connectivity index (χ2v) is 28.3. The van der Waals surface area contributed by atoms with Gasteiger partial charge in [0.2, 0.25) is 0 Å². The van der Waals surface area contributed by atoms with E-state index in [2.05, 4.69) is 309 Å². The number of hydrogen-bond acceptors (Lipinski definition) is 4. The fourth-order valence-electron chi connectivity index (χ4n) is 17.2. The maximum atomic E-state index is 5.66. The molecule has 4 aliphatic rings. The smallest absolute Gasteiger partial charge is 0.158 e. The van der Waals surface area contributed by atoms with Crippen molar-refractivity contribution in [2.45, 2.75) is 63.4 Å². The molecular formula is C94H72N4O4. The molecule has 4 fully saturated rings. The predicted molar refractivity (Wildman–Crippen MR) is 426 cm³/mol. The summed E-state index contributed by atoms with van der Waals surface area (Å²) in [4.78, 5) is 0. The van der Waals surface area contributed by atoms with E-state index in [-0.39, 0.29) is 6.23 Å². The van der Waals surface area contributed by atoms with Crippen molar-refractivity contribution in [2.24, 2.45) is 0 Å². The van der Waals surface area contributed by atoms with E-state index in [9.17, 15) is 0 Å². The lowest BCUT2D eigenvalue weighted by molar-refractivity contribution is 0.364. The second-order valence-electron chi connectivity index (χ2n) is 28.3. The van der Waals surface area contributed by atoms with Crippen LogP contribution in [0.4, 0.5) is 0 Å². The fourth-order valence-corrected chi connectivity index (χ4v) is 17.2. The Bertz CT molecular complexity index is 6400. The molecule has 0 N–H and O–H groups in total. The zero-order valence-electron chi connectivity index (χ0n) is 56.5. The van der Waals surface area contributed by atoms with Crippen LogP contribution in [0.5, 0.6) is 0 Å². The normalized spacial score (nSPS) is 16.9. The monoisotopic (exact) mass is 1320 g/mol. The van der Waals surface area contributed by atoms with E-state index in [1.807, 2.05) is 0 Å². The molecule has 4 aliphatic heterocycles. The molecule has 24 rings (SSSR count). The largest absolute Gasteiger partial charge is 0.373 e. The van der Waals surface area contributed by atoms with Crippen LogP contribution >= 0.6 is 0 Å². The number of epoxide rings is 4. The zero-order chi connectivity index (χ0) is 66.9. The molecule has 8 heterocycles. The maximum absolute atomic E-state index is 5.66. The number of rotatable bonds is 10. The van der Waals surface area contributed by atoms with Crippen LogP contribution in [-0.4, -0.2) is 63.0 Å². The summed E-state index contributed by atoms with van der Waals surface area (Å²) < 4.78 is 31.9. The van der Waals surface area contributed by atoms with E-state index < -0.39 is 0 Å². The van der Waals surface area contributed by atoms with Gasteiger partial charge in [0.1, 0.15) is 0 Å². The van der Waals surface area contributed by atoms with Gasteiger partial charge in [-0.25, -0.2) is 0 Å². The summed E-state index contributed by atoms with van der Waals surface area (Å²) in [7, 11) is 0. The SMILES string of the molecule is c1ccc2c(c1)ccc1c2c2c3ccccc3ccc2n1C1CO1.c1ccc2c(c1)ccc1c2c2c3ccccc3ccc2n1CC1CO1.c1ccc2c(c1)ccc1c2c2c3ccccc3ccc2n1CCC1CO1.c1ccc2c(c1)ccc1c2c2c3ccccc3ccc2n1CCCC1CO1. The van der Waals surface area contributed by atoms with Crippen molar-refractivity contribution in [1.29, 1.82) is 0 Å². The lowest BCUT2D eigenvalue weighted by Gasteiger charge is -2.07. The summed E-state index contributed by atoms with van der Waals surface area (Å²) in [5.41, 5.74) is 10.5. The van der Waals surface area contributed by atoms with Crippen LogP contribution in [0.3, 0.4) is 0 Å². The third-order valence-corrected chi connectivity index (χ3v) is 22.3. The number of benzene rings is 16. The van der Waals surface area contributed by atoms with E-state index in [4.69, 9.17) is 18.9 Å². The first-order valence-electron chi connectivity index (χ1n) is 36.4. The van der Waals surface area contributed by atoms with Crippen LogP contribution < -0.4 is 0 Å². The number of ether oxygens (including phenoxy) is 4. The van der Waals surface area contributed by atoms with Gasteiger partial charge in [-0.05, 0) is 154 Å². The van der Waals surface area contributed by atoms with Crippen LogP contribution in [0, 0.1) is 0 Å². The van der Waals surface area contributed by atoms with Crippen molar-refractivity contribution in [1.82, 2.24) is 18.3 Å².